The third kappa shape index (κ3) is 6.74. The molecule has 1 fully saturated rings. The summed E-state index contributed by atoms with van der Waals surface area (Å²) in [5.74, 6) is 0.306. The number of rotatable bonds is 8. The number of ether oxygens (including phenoxy) is 1. The third-order valence-electron chi connectivity index (χ3n) is 6.30. The first-order valence-electron chi connectivity index (χ1n) is 12.0. The summed E-state index contributed by atoms with van der Waals surface area (Å²) >= 11 is 6.12. The second-order valence-corrected chi connectivity index (χ2v) is 9.06. The lowest BCUT2D eigenvalue weighted by Gasteiger charge is -2.39. The zero-order valence-electron chi connectivity index (χ0n) is 20.3. The van der Waals surface area contributed by atoms with E-state index in [4.69, 9.17) is 16.3 Å². The van der Waals surface area contributed by atoms with Gasteiger partial charge >= 0.3 is 0 Å². The Balaban J connectivity index is 1.31. The van der Waals surface area contributed by atoms with Crippen molar-refractivity contribution in [3.63, 3.8) is 0 Å². The number of hydrogen-bond acceptors (Lipinski definition) is 4. The van der Waals surface area contributed by atoms with Crippen LogP contribution in [0.25, 0.3) is 0 Å². The topological polar surface area (TPSA) is 61.9 Å². The molecule has 1 heterocycles. The first kappa shape index (κ1) is 25.5. The van der Waals surface area contributed by atoms with Gasteiger partial charge in [0.05, 0.1) is 13.2 Å². The lowest BCUT2D eigenvalue weighted by Crippen LogP contribution is -2.49. The SMILES string of the molecule is COc1ccc(CNC(=O)C=CC(=O)N2CCN(C(c3ccccc3)c3ccc(Cl)cc3)CC2)cc1. The van der Waals surface area contributed by atoms with Gasteiger partial charge in [-0.3, -0.25) is 14.5 Å². The maximum Gasteiger partial charge on any atom is 0.246 e. The predicted molar refractivity (Wildman–Crippen MR) is 142 cm³/mol. The second-order valence-electron chi connectivity index (χ2n) is 8.63. The highest BCUT2D eigenvalue weighted by molar-refractivity contribution is 6.30. The van der Waals surface area contributed by atoms with Crippen LogP contribution in [0.3, 0.4) is 0 Å². The standard InChI is InChI=1S/C29H30ClN3O3/c1-36-26-13-7-22(8-14-26)21-31-27(34)15-16-28(35)32-17-19-33(20-18-32)29(23-5-3-2-4-6-23)24-9-11-25(30)12-10-24/h2-16,29H,17-21H2,1H3,(H,31,34). The molecule has 0 spiro atoms. The molecular formula is C29H30ClN3O3. The van der Waals surface area contributed by atoms with Crippen LogP contribution >= 0.6 is 11.6 Å². The van der Waals surface area contributed by atoms with Crippen molar-refractivity contribution in [1.82, 2.24) is 15.1 Å². The van der Waals surface area contributed by atoms with Crippen molar-refractivity contribution in [2.45, 2.75) is 12.6 Å². The van der Waals surface area contributed by atoms with Crippen LogP contribution in [0.15, 0.2) is 91.0 Å². The minimum absolute atomic E-state index is 0.0833. The van der Waals surface area contributed by atoms with Gasteiger partial charge in [0.25, 0.3) is 0 Å². The van der Waals surface area contributed by atoms with Crippen LogP contribution in [0.1, 0.15) is 22.7 Å². The number of amides is 2. The molecule has 186 valence electrons. The molecule has 36 heavy (non-hydrogen) atoms. The molecule has 0 bridgehead atoms. The summed E-state index contributed by atoms with van der Waals surface area (Å²) in [5, 5.41) is 3.51. The third-order valence-corrected chi connectivity index (χ3v) is 6.55. The molecular weight excluding hydrogens is 474 g/mol. The van der Waals surface area contributed by atoms with Gasteiger partial charge in [0.2, 0.25) is 11.8 Å². The highest BCUT2D eigenvalue weighted by atomic mass is 35.5. The molecule has 0 aromatic heterocycles. The van der Waals surface area contributed by atoms with Gasteiger partial charge in [0, 0.05) is 49.9 Å². The quantitative estimate of drug-likeness (QED) is 0.461. The number of methoxy groups -OCH3 is 1. The molecule has 7 heteroatoms. The monoisotopic (exact) mass is 503 g/mol. The number of benzene rings is 3. The Kier molecular flexibility index (Phi) is 8.76. The van der Waals surface area contributed by atoms with E-state index in [0.29, 0.717) is 24.7 Å². The Hall–Kier alpha value is -3.61. The molecule has 3 aromatic rings. The van der Waals surface area contributed by atoms with Crippen LogP contribution in [-0.4, -0.2) is 54.9 Å². The number of hydrogen-bond donors (Lipinski definition) is 1. The average molecular weight is 504 g/mol. The average Bonchev–Trinajstić information content (AvgIpc) is 2.93. The molecule has 0 radical (unpaired) electrons. The van der Waals surface area contributed by atoms with Crippen molar-refractivity contribution < 1.29 is 14.3 Å². The van der Waals surface area contributed by atoms with E-state index >= 15 is 0 Å². The van der Waals surface area contributed by atoms with Crippen molar-refractivity contribution in [2.75, 3.05) is 33.3 Å². The van der Waals surface area contributed by atoms with Gasteiger partial charge in [0.1, 0.15) is 5.75 Å². The van der Waals surface area contributed by atoms with E-state index in [-0.39, 0.29) is 17.9 Å². The number of nitrogens with one attached hydrogen (secondary N) is 1. The lowest BCUT2D eigenvalue weighted by atomic mass is 9.96. The largest absolute Gasteiger partial charge is 0.497 e. The van der Waals surface area contributed by atoms with Gasteiger partial charge in [-0.25, -0.2) is 0 Å². The minimum Gasteiger partial charge on any atom is -0.497 e. The van der Waals surface area contributed by atoms with E-state index in [1.54, 1.807) is 12.0 Å². The van der Waals surface area contributed by atoms with Crippen molar-refractivity contribution in [1.29, 1.82) is 0 Å². The highest BCUT2D eigenvalue weighted by Crippen LogP contribution is 2.30. The van der Waals surface area contributed by atoms with Crippen LogP contribution in [0.4, 0.5) is 0 Å². The highest BCUT2D eigenvalue weighted by Gasteiger charge is 2.27. The normalized spacial score (nSPS) is 15.0. The first-order chi connectivity index (χ1) is 17.5. The summed E-state index contributed by atoms with van der Waals surface area (Å²) in [5.41, 5.74) is 3.32. The van der Waals surface area contributed by atoms with Crippen LogP contribution in [0, 0.1) is 0 Å². The summed E-state index contributed by atoms with van der Waals surface area (Å²) in [6.45, 7) is 3.02. The summed E-state index contributed by atoms with van der Waals surface area (Å²) < 4.78 is 5.14. The van der Waals surface area contributed by atoms with Gasteiger partial charge < -0.3 is 15.0 Å². The lowest BCUT2D eigenvalue weighted by molar-refractivity contribution is -0.128. The Morgan fingerprint density at radius 3 is 2.17 bits per heavy atom. The smallest absolute Gasteiger partial charge is 0.246 e. The number of carbonyl (C=O) groups excluding carboxylic acids is 2. The Bertz CT molecular complexity index is 1170. The molecule has 3 aromatic carbocycles. The van der Waals surface area contributed by atoms with E-state index in [9.17, 15) is 9.59 Å². The second kappa shape index (κ2) is 12.4. The van der Waals surface area contributed by atoms with E-state index in [1.165, 1.54) is 23.3 Å². The Morgan fingerprint density at radius 2 is 1.53 bits per heavy atom. The van der Waals surface area contributed by atoms with E-state index in [1.807, 2.05) is 54.6 Å². The zero-order chi connectivity index (χ0) is 25.3. The van der Waals surface area contributed by atoms with Gasteiger partial charge in [-0.1, -0.05) is 66.2 Å². The minimum atomic E-state index is -0.301. The van der Waals surface area contributed by atoms with E-state index in [2.05, 4.69) is 34.5 Å². The molecule has 4 rings (SSSR count). The van der Waals surface area contributed by atoms with E-state index < -0.39 is 0 Å². The van der Waals surface area contributed by atoms with Gasteiger partial charge in [-0.2, -0.15) is 0 Å². The predicted octanol–water partition coefficient (Wildman–Crippen LogP) is 4.45. The summed E-state index contributed by atoms with van der Waals surface area (Å²) in [4.78, 5) is 29.1. The molecule has 0 saturated carbocycles. The van der Waals surface area contributed by atoms with Crippen molar-refractivity contribution in [2.24, 2.45) is 0 Å². The van der Waals surface area contributed by atoms with Crippen molar-refractivity contribution in [3.8, 4) is 5.75 Å². The Morgan fingerprint density at radius 1 is 0.889 bits per heavy atom. The summed E-state index contributed by atoms with van der Waals surface area (Å²) in [6.07, 6.45) is 2.66. The molecule has 0 aliphatic carbocycles. The van der Waals surface area contributed by atoms with Gasteiger partial charge in [0.15, 0.2) is 0 Å². The summed E-state index contributed by atoms with van der Waals surface area (Å²) in [6, 6.07) is 25.9. The maximum atomic E-state index is 12.7. The molecule has 2 amide bonds. The van der Waals surface area contributed by atoms with Crippen molar-refractivity contribution >= 4 is 23.4 Å². The molecule has 1 N–H and O–H groups in total. The van der Waals surface area contributed by atoms with Crippen LogP contribution in [0.5, 0.6) is 5.75 Å². The van der Waals surface area contributed by atoms with Crippen molar-refractivity contribution in [3.05, 3.63) is 113 Å². The first-order valence-corrected chi connectivity index (χ1v) is 12.3. The molecule has 1 saturated heterocycles. The number of piperazine rings is 1. The van der Waals surface area contributed by atoms with Gasteiger partial charge in [-0.05, 0) is 41.0 Å². The van der Waals surface area contributed by atoms with Crippen LogP contribution < -0.4 is 10.1 Å². The fourth-order valence-corrected chi connectivity index (χ4v) is 4.46. The Labute approximate surface area is 217 Å². The molecule has 1 aliphatic rings. The van der Waals surface area contributed by atoms with Crippen LogP contribution in [-0.2, 0) is 16.1 Å². The molecule has 6 nitrogen and oxygen atoms in total. The summed E-state index contributed by atoms with van der Waals surface area (Å²) in [7, 11) is 1.61. The van der Waals surface area contributed by atoms with Crippen LogP contribution in [0.2, 0.25) is 5.02 Å². The zero-order valence-corrected chi connectivity index (χ0v) is 21.0. The number of carbonyl (C=O) groups is 2. The molecule has 1 atom stereocenters. The number of halogens is 1. The molecule has 1 aliphatic heterocycles. The van der Waals surface area contributed by atoms with Gasteiger partial charge in [-0.15, -0.1) is 0 Å². The number of nitrogens with zero attached hydrogens (tertiary/aromatic N) is 2. The maximum absolute atomic E-state index is 12.7. The van der Waals surface area contributed by atoms with E-state index in [0.717, 1.165) is 24.4 Å². The fraction of sp³-hybridized carbons (Fsp3) is 0.241. The molecule has 1 unspecified atom stereocenters. The fourth-order valence-electron chi connectivity index (χ4n) is 4.34.